The smallest absolute Gasteiger partial charge is 0.0738 e. The van der Waals surface area contributed by atoms with E-state index in [4.69, 9.17) is 0 Å². The molecule has 1 aromatic carbocycles. The Kier molecular flexibility index (Phi) is 6.34. The second-order valence-corrected chi connectivity index (χ2v) is 7.59. The van der Waals surface area contributed by atoms with Gasteiger partial charge in [-0.25, -0.2) is 0 Å². The van der Waals surface area contributed by atoms with Gasteiger partial charge in [0, 0.05) is 28.1 Å². The van der Waals surface area contributed by atoms with E-state index in [9.17, 15) is 5.11 Å². The maximum atomic E-state index is 10.3. The van der Waals surface area contributed by atoms with Crippen molar-refractivity contribution >= 4 is 43.6 Å². The summed E-state index contributed by atoms with van der Waals surface area (Å²) in [4.78, 5) is 1.16. The summed E-state index contributed by atoms with van der Waals surface area (Å²) in [5.41, 5.74) is 2.04. The molecule has 1 aromatic heterocycles. The van der Waals surface area contributed by atoms with Gasteiger partial charge in [-0.3, -0.25) is 4.68 Å². The summed E-state index contributed by atoms with van der Waals surface area (Å²) < 4.78 is 4.03. The number of aliphatic hydroxyl groups excluding tert-OH is 1. The van der Waals surface area contributed by atoms with Gasteiger partial charge in [-0.2, -0.15) is 5.10 Å². The minimum Gasteiger partial charge on any atom is -0.392 e. The van der Waals surface area contributed by atoms with Gasteiger partial charge < -0.3 is 5.11 Å². The van der Waals surface area contributed by atoms with E-state index in [1.54, 1.807) is 11.8 Å². The summed E-state index contributed by atoms with van der Waals surface area (Å²) in [5, 5.41) is 14.7. The fourth-order valence-electron chi connectivity index (χ4n) is 2.07. The van der Waals surface area contributed by atoms with Crippen molar-refractivity contribution in [1.29, 1.82) is 0 Å². The summed E-state index contributed by atoms with van der Waals surface area (Å²) in [6.07, 6.45) is 0.218. The Morgan fingerprint density at radius 3 is 2.57 bits per heavy atom. The second-order valence-electron chi connectivity index (χ2n) is 4.78. The Hall–Kier alpha value is -0.300. The number of benzene rings is 1. The van der Waals surface area contributed by atoms with E-state index < -0.39 is 6.10 Å². The lowest BCUT2D eigenvalue weighted by molar-refractivity contribution is 0.196. The molecule has 1 heterocycles. The molecule has 2 aromatic rings. The quantitative estimate of drug-likeness (QED) is 0.684. The number of halogens is 2. The highest BCUT2D eigenvalue weighted by Crippen LogP contribution is 2.25. The van der Waals surface area contributed by atoms with Crippen LogP contribution >= 0.6 is 43.6 Å². The zero-order valence-electron chi connectivity index (χ0n) is 12.0. The van der Waals surface area contributed by atoms with Crippen molar-refractivity contribution < 1.29 is 5.11 Å². The highest BCUT2D eigenvalue weighted by Gasteiger charge is 2.16. The molecule has 2 rings (SSSR count). The molecule has 1 N–H and O–H groups in total. The Labute approximate surface area is 146 Å². The summed E-state index contributed by atoms with van der Waals surface area (Å²) >= 11 is 8.66. The Bertz CT molecular complexity index is 598. The van der Waals surface area contributed by atoms with Crippen molar-refractivity contribution in [2.24, 2.45) is 0 Å². The van der Waals surface area contributed by atoms with Crippen LogP contribution in [0.4, 0.5) is 0 Å². The zero-order chi connectivity index (χ0) is 15.4. The first-order valence-corrected chi connectivity index (χ1v) is 9.36. The predicted octanol–water partition coefficient (Wildman–Crippen LogP) is 4.43. The van der Waals surface area contributed by atoms with Crippen LogP contribution in [-0.2, 0) is 13.0 Å². The van der Waals surface area contributed by atoms with Gasteiger partial charge in [-0.1, -0.05) is 15.9 Å². The fraction of sp³-hybridized carbons (Fsp3) is 0.400. The third kappa shape index (κ3) is 4.58. The molecule has 21 heavy (non-hydrogen) atoms. The van der Waals surface area contributed by atoms with E-state index in [-0.39, 0.29) is 0 Å². The number of hydrogen-bond donors (Lipinski definition) is 1. The SMILES string of the molecule is CCn1nc(C)c(Br)c1CC(O)CSc1ccc(Br)cc1. The summed E-state index contributed by atoms with van der Waals surface area (Å²) in [5.74, 6) is 0.669. The summed E-state index contributed by atoms with van der Waals surface area (Å²) in [6, 6.07) is 8.14. The highest BCUT2D eigenvalue weighted by molar-refractivity contribution is 9.10. The van der Waals surface area contributed by atoms with Crippen LogP contribution in [0.2, 0.25) is 0 Å². The summed E-state index contributed by atoms with van der Waals surface area (Å²) in [7, 11) is 0. The van der Waals surface area contributed by atoms with Crippen LogP contribution < -0.4 is 0 Å². The lowest BCUT2D eigenvalue weighted by Gasteiger charge is -2.12. The molecule has 0 bridgehead atoms. The van der Waals surface area contributed by atoms with Gasteiger partial charge in [-0.15, -0.1) is 11.8 Å². The maximum absolute atomic E-state index is 10.3. The Morgan fingerprint density at radius 1 is 1.29 bits per heavy atom. The third-order valence-corrected chi connectivity index (χ3v) is 5.85. The first-order chi connectivity index (χ1) is 10.0. The van der Waals surface area contributed by atoms with Crippen LogP contribution in [0.15, 0.2) is 38.1 Å². The van der Waals surface area contributed by atoms with Crippen LogP contribution in [0.25, 0.3) is 0 Å². The maximum Gasteiger partial charge on any atom is 0.0738 e. The van der Waals surface area contributed by atoms with Gasteiger partial charge >= 0.3 is 0 Å². The Morgan fingerprint density at radius 2 is 1.95 bits per heavy atom. The normalized spacial score (nSPS) is 12.6. The van der Waals surface area contributed by atoms with E-state index in [2.05, 4.69) is 56.0 Å². The van der Waals surface area contributed by atoms with Gasteiger partial charge in [0.25, 0.3) is 0 Å². The van der Waals surface area contributed by atoms with Gasteiger partial charge in [0.05, 0.1) is 22.0 Å². The standard InChI is InChI=1S/C15H18Br2N2OS/c1-3-19-14(15(17)10(2)18-19)8-12(20)9-21-13-6-4-11(16)5-7-13/h4-7,12,20H,3,8-9H2,1-2H3. The van der Waals surface area contributed by atoms with Crippen molar-refractivity contribution in [1.82, 2.24) is 9.78 Å². The Balaban J connectivity index is 1.95. The molecule has 0 aliphatic carbocycles. The topological polar surface area (TPSA) is 38.0 Å². The molecule has 1 atom stereocenters. The monoisotopic (exact) mass is 432 g/mol. The molecule has 3 nitrogen and oxygen atoms in total. The average Bonchev–Trinajstić information content (AvgIpc) is 2.74. The van der Waals surface area contributed by atoms with Crippen molar-refractivity contribution in [3.05, 3.63) is 44.6 Å². The summed E-state index contributed by atoms with van der Waals surface area (Å²) in [6.45, 7) is 4.85. The molecule has 0 fully saturated rings. The minimum absolute atomic E-state index is 0.392. The average molecular weight is 434 g/mol. The molecule has 0 amide bonds. The molecule has 0 saturated carbocycles. The number of rotatable bonds is 6. The van der Waals surface area contributed by atoms with Crippen LogP contribution in [0, 0.1) is 6.92 Å². The van der Waals surface area contributed by atoms with Gasteiger partial charge in [-0.05, 0) is 54.0 Å². The number of nitrogens with zero attached hydrogens (tertiary/aromatic N) is 2. The number of aryl methyl sites for hydroxylation is 2. The molecule has 0 saturated heterocycles. The van der Waals surface area contributed by atoms with Gasteiger partial charge in [0.15, 0.2) is 0 Å². The van der Waals surface area contributed by atoms with Crippen LogP contribution in [0.1, 0.15) is 18.3 Å². The largest absolute Gasteiger partial charge is 0.392 e. The van der Waals surface area contributed by atoms with Crippen molar-refractivity contribution in [3.8, 4) is 0 Å². The van der Waals surface area contributed by atoms with Crippen molar-refractivity contribution in [3.63, 3.8) is 0 Å². The first-order valence-electron chi connectivity index (χ1n) is 6.79. The van der Waals surface area contributed by atoms with E-state index in [1.165, 1.54) is 0 Å². The number of aliphatic hydroxyl groups is 1. The van der Waals surface area contributed by atoms with Crippen LogP contribution in [0.5, 0.6) is 0 Å². The predicted molar refractivity (Wildman–Crippen MR) is 94.9 cm³/mol. The molecular formula is C15H18Br2N2OS. The molecule has 0 aliphatic rings. The molecule has 0 aliphatic heterocycles. The van der Waals surface area contributed by atoms with Crippen molar-refractivity contribution in [2.75, 3.05) is 5.75 Å². The van der Waals surface area contributed by atoms with Gasteiger partial charge in [0.1, 0.15) is 0 Å². The van der Waals surface area contributed by atoms with Crippen LogP contribution in [-0.4, -0.2) is 26.7 Å². The zero-order valence-corrected chi connectivity index (χ0v) is 16.0. The molecule has 6 heteroatoms. The minimum atomic E-state index is -0.392. The fourth-order valence-corrected chi connectivity index (χ4v) is 3.61. The molecule has 1 unspecified atom stereocenters. The van der Waals surface area contributed by atoms with Crippen LogP contribution in [0.3, 0.4) is 0 Å². The molecule has 114 valence electrons. The van der Waals surface area contributed by atoms with Crippen molar-refractivity contribution in [2.45, 2.75) is 37.8 Å². The molecule has 0 spiro atoms. The van der Waals surface area contributed by atoms with E-state index in [0.717, 1.165) is 31.8 Å². The number of thioether (sulfide) groups is 1. The van der Waals surface area contributed by atoms with Gasteiger partial charge in [0.2, 0.25) is 0 Å². The van der Waals surface area contributed by atoms with E-state index in [1.807, 2.05) is 23.7 Å². The molecular weight excluding hydrogens is 416 g/mol. The van der Waals surface area contributed by atoms with E-state index in [0.29, 0.717) is 12.2 Å². The third-order valence-electron chi connectivity index (χ3n) is 3.14. The number of hydrogen-bond acceptors (Lipinski definition) is 3. The first kappa shape index (κ1) is 17.1. The highest BCUT2D eigenvalue weighted by atomic mass is 79.9. The number of aromatic nitrogens is 2. The van der Waals surface area contributed by atoms with E-state index >= 15 is 0 Å². The lowest BCUT2D eigenvalue weighted by Crippen LogP contribution is -2.17. The second kappa shape index (κ2) is 7.81. The molecule has 0 radical (unpaired) electrons. The lowest BCUT2D eigenvalue weighted by atomic mass is 10.2.